The number of carbonyl (C=O) groups is 1. The van der Waals surface area contributed by atoms with E-state index in [1.807, 2.05) is 6.07 Å². The summed E-state index contributed by atoms with van der Waals surface area (Å²) in [6.45, 7) is 0. The van der Waals surface area contributed by atoms with Gasteiger partial charge in [-0.15, -0.1) is 0 Å². The van der Waals surface area contributed by atoms with E-state index in [1.54, 1.807) is 41.1 Å². The van der Waals surface area contributed by atoms with Crippen molar-refractivity contribution in [3.8, 4) is 11.4 Å². The van der Waals surface area contributed by atoms with Crippen molar-refractivity contribution in [3.63, 3.8) is 0 Å². The summed E-state index contributed by atoms with van der Waals surface area (Å²) in [6.07, 6.45) is 3.25. The van der Waals surface area contributed by atoms with Gasteiger partial charge in [-0.1, -0.05) is 17.7 Å². The summed E-state index contributed by atoms with van der Waals surface area (Å²) in [5, 5.41) is 9.56. The van der Waals surface area contributed by atoms with Crippen LogP contribution in [0.3, 0.4) is 0 Å². The molecule has 0 aliphatic heterocycles. The molecule has 0 spiro atoms. The van der Waals surface area contributed by atoms with Crippen LogP contribution in [-0.4, -0.2) is 25.4 Å². The second-order valence-electron chi connectivity index (χ2n) is 4.24. The number of hydrogen-bond donors (Lipinski definition) is 1. The molecule has 0 saturated carbocycles. The van der Waals surface area contributed by atoms with E-state index < -0.39 is 5.97 Å². The first-order valence-corrected chi connectivity index (χ1v) is 6.33. The fraction of sp³-hybridized carbons (Fsp3) is 0.0714. The Bertz CT molecular complexity index is 784. The molecule has 6 heteroatoms. The molecule has 1 N–H and O–H groups in total. The van der Waals surface area contributed by atoms with E-state index in [-0.39, 0.29) is 6.42 Å². The van der Waals surface area contributed by atoms with Crippen molar-refractivity contribution in [3.05, 3.63) is 53.4 Å². The molecule has 0 aromatic carbocycles. The summed E-state index contributed by atoms with van der Waals surface area (Å²) in [5.74, 6) is -0.927. The van der Waals surface area contributed by atoms with Crippen LogP contribution in [0.25, 0.3) is 17.0 Å². The Morgan fingerprint density at radius 1 is 1.30 bits per heavy atom. The fourth-order valence-electron chi connectivity index (χ4n) is 2.10. The lowest BCUT2D eigenvalue weighted by Gasteiger charge is -2.02. The molecule has 0 atom stereocenters. The molecule has 3 aromatic rings. The number of carboxylic acid groups (broad SMARTS) is 1. The average molecular weight is 288 g/mol. The number of fused-ring (bicyclic) bond motifs is 1. The van der Waals surface area contributed by atoms with Gasteiger partial charge in [0.05, 0.1) is 22.8 Å². The van der Waals surface area contributed by atoms with Crippen molar-refractivity contribution >= 4 is 23.2 Å². The molecule has 0 bridgehead atoms. The minimum Gasteiger partial charge on any atom is -0.481 e. The predicted molar refractivity (Wildman–Crippen MR) is 74.8 cm³/mol. The van der Waals surface area contributed by atoms with Crippen molar-refractivity contribution in [2.45, 2.75) is 6.42 Å². The zero-order valence-electron chi connectivity index (χ0n) is 10.3. The van der Waals surface area contributed by atoms with E-state index in [9.17, 15) is 4.79 Å². The number of rotatable bonds is 3. The van der Waals surface area contributed by atoms with Crippen molar-refractivity contribution < 1.29 is 9.90 Å². The molecule has 0 aliphatic carbocycles. The van der Waals surface area contributed by atoms with Crippen molar-refractivity contribution in [2.75, 3.05) is 0 Å². The van der Waals surface area contributed by atoms with Crippen LogP contribution in [0.5, 0.6) is 0 Å². The first kappa shape index (κ1) is 12.6. The molecule has 0 fully saturated rings. The van der Waals surface area contributed by atoms with Crippen LogP contribution in [0.15, 0.2) is 42.7 Å². The third-order valence-electron chi connectivity index (χ3n) is 2.93. The molecule has 5 nitrogen and oxygen atoms in total. The summed E-state index contributed by atoms with van der Waals surface area (Å²) in [5.41, 5.74) is 2.27. The van der Waals surface area contributed by atoms with Gasteiger partial charge >= 0.3 is 5.97 Å². The maximum atomic E-state index is 11.1. The van der Waals surface area contributed by atoms with Crippen LogP contribution in [0.1, 0.15) is 5.69 Å². The number of halogens is 1. The number of carboxylic acids is 1. The van der Waals surface area contributed by atoms with Crippen molar-refractivity contribution in [1.82, 2.24) is 14.4 Å². The smallest absolute Gasteiger partial charge is 0.309 e. The van der Waals surface area contributed by atoms with E-state index in [4.69, 9.17) is 16.7 Å². The van der Waals surface area contributed by atoms with Gasteiger partial charge in [0, 0.05) is 12.4 Å². The average Bonchev–Trinajstić information content (AvgIpc) is 2.80. The van der Waals surface area contributed by atoms with Gasteiger partial charge < -0.3 is 9.51 Å². The van der Waals surface area contributed by atoms with Gasteiger partial charge in [0.15, 0.2) is 5.65 Å². The first-order valence-electron chi connectivity index (χ1n) is 5.95. The second-order valence-corrected chi connectivity index (χ2v) is 4.65. The SMILES string of the molecule is O=C(O)Cc1c(-c2ccccn2)nc2c(Cl)cccn12. The zero-order valence-corrected chi connectivity index (χ0v) is 11.1. The predicted octanol–water partition coefficient (Wildman–Crippen LogP) is 2.68. The van der Waals surface area contributed by atoms with Crippen LogP contribution >= 0.6 is 11.6 Å². The number of aromatic nitrogens is 3. The maximum absolute atomic E-state index is 11.1. The Morgan fingerprint density at radius 2 is 2.15 bits per heavy atom. The first-order chi connectivity index (χ1) is 9.66. The topological polar surface area (TPSA) is 67.5 Å². The van der Waals surface area contributed by atoms with Crippen LogP contribution < -0.4 is 0 Å². The van der Waals surface area contributed by atoms with Crippen molar-refractivity contribution in [2.24, 2.45) is 0 Å². The Hall–Kier alpha value is -2.40. The Kier molecular flexibility index (Phi) is 3.12. The highest BCUT2D eigenvalue weighted by atomic mass is 35.5. The lowest BCUT2D eigenvalue weighted by molar-refractivity contribution is -0.136. The van der Waals surface area contributed by atoms with Gasteiger partial charge in [0.1, 0.15) is 5.69 Å². The van der Waals surface area contributed by atoms with Crippen LogP contribution in [0, 0.1) is 0 Å². The Balaban J connectivity index is 2.30. The quantitative estimate of drug-likeness (QED) is 0.804. The van der Waals surface area contributed by atoms with E-state index in [1.165, 1.54) is 0 Å². The highest BCUT2D eigenvalue weighted by Crippen LogP contribution is 2.26. The molecule has 3 aromatic heterocycles. The summed E-state index contributed by atoms with van der Waals surface area (Å²) in [6, 6.07) is 8.89. The Labute approximate surface area is 119 Å². The highest BCUT2D eigenvalue weighted by Gasteiger charge is 2.18. The summed E-state index contributed by atoms with van der Waals surface area (Å²) in [7, 11) is 0. The summed E-state index contributed by atoms with van der Waals surface area (Å²) < 4.78 is 1.69. The molecule has 3 rings (SSSR count). The lowest BCUT2D eigenvalue weighted by Crippen LogP contribution is -2.05. The zero-order chi connectivity index (χ0) is 14.1. The third-order valence-corrected chi connectivity index (χ3v) is 3.22. The molecule has 0 saturated heterocycles. The maximum Gasteiger partial charge on any atom is 0.309 e. The summed E-state index contributed by atoms with van der Waals surface area (Å²) in [4.78, 5) is 19.8. The monoisotopic (exact) mass is 287 g/mol. The molecule has 0 radical (unpaired) electrons. The Morgan fingerprint density at radius 3 is 2.85 bits per heavy atom. The number of aliphatic carboxylic acids is 1. The van der Waals surface area contributed by atoms with Crippen molar-refractivity contribution in [1.29, 1.82) is 0 Å². The molecule has 0 unspecified atom stereocenters. The normalized spacial score (nSPS) is 10.8. The fourth-order valence-corrected chi connectivity index (χ4v) is 2.31. The highest BCUT2D eigenvalue weighted by molar-refractivity contribution is 6.33. The molecular weight excluding hydrogens is 278 g/mol. The second kappa shape index (κ2) is 4.94. The van der Waals surface area contributed by atoms with E-state index >= 15 is 0 Å². The number of hydrogen-bond acceptors (Lipinski definition) is 3. The standard InChI is InChI=1S/C14H10ClN3O2/c15-9-4-3-7-18-11(8-12(19)20)13(17-14(9)18)10-5-1-2-6-16-10/h1-7H,8H2,(H,19,20). The largest absolute Gasteiger partial charge is 0.481 e. The van der Waals surface area contributed by atoms with Crippen LogP contribution in [-0.2, 0) is 11.2 Å². The molecule has 0 aliphatic rings. The molecule has 3 heterocycles. The van der Waals surface area contributed by atoms with Gasteiger partial charge in [-0.3, -0.25) is 9.78 Å². The van der Waals surface area contributed by atoms with Gasteiger partial charge in [0.25, 0.3) is 0 Å². The van der Waals surface area contributed by atoms with E-state index in [0.717, 1.165) is 0 Å². The minimum atomic E-state index is -0.927. The van der Waals surface area contributed by atoms with E-state index in [2.05, 4.69) is 9.97 Å². The van der Waals surface area contributed by atoms with Gasteiger partial charge in [-0.25, -0.2) is 4.98 Å². The summed E-state index contributed by atoms with van der Waals surface area (Å²) >= 11 is 6.12. The number of nitrogens with zero attached hydrogens (tertiary/aromatic N) is 3. The molecule has 20 heavy (non-hydrogen) atoms. The number of imidazole rings is 1. The minimum absolute atomic E-state index is 0.145. The molecule has 0 amide bonds. The van der Waals surface area contributed by atoms with Crippen LogP contribution in [0.2, 0.25) is 5.02 Å². The number of pyridine rings is 2. The van der Waals surface area contributed by atoms with Gasteiger partial charge in [-0.05, 0) is 24.3 Å². The molecular formula is C14H10ClN3O2. The van der Waals surface area contributed by atoms with Crippen LogP contribution in [0.4, 0.5) is 0 Å². The van der Waals surface area contributed by atoms with Gasteiger partial charge in [0.2, 0.25) is 0 Å². The van der Waals surface area contributed by atoms with Gasteiger partial charge in [-0.2, -0.15) is 0 Å². The third kappa shape index (κ3) is 2.12. The lowest BCUT2D eigenvalue weighted by atomic mass is 10.2. The van der Waals surface area contributed by atoms with E-state index in [0.29, 0.717) is 27.8 Å². The molecule has 100 valence electrons.